The van der Waals surface area contributed by atoms with E-state index in [1.54, 1.807) is 0 Å². The van der Waals surface area contributed by atoms with Crippen molar-refractivity contribution >= 4 is 5.78 Å². The van der Waals surface area contributed by atoms with Crippen molar-refractivity contribution in [3.63, 3.8) is 0 Å². The Morgan fingerprint density at radius 1 is 1.11 bits per heavy atom. The maximum Gasteiger partial charge on any atom is 0.166 e. The number of aromatic nitrogens is 1. The van der Waals surface area contributed by atoms with Crippen LogP contribution in [0.3, 0.4) is 0 Å². The summed E-state index contributed by atoms with van der Waals surface area (Å²) in [7, 11) is 0. The van der Waals surface area contributed by atoms with Gasteiger partial charge in [0.25, 0.3) is 0 Å². The number of hydrogen-bond donors (Lipinski definition) is 0. The van der Waals surface area contributed by atoms with Crippen LogP contribution in [0.1, 0.15) is 76.1 Å². The molecule has 108 valence electrons. The number of carbonyl (C=O) groups is 1. The third-order valence-corrected chi connectivity index (χ3v) is 3.58. The van der Waals surface area contributed by atoms with Crippen LogP contribution in [0.5, 0.6) is 0 Å². The van der Waals surface area contributed by atoms with Crippen molar-refractivity contribution in [1.29, 1.82) is 0 Å². The van der Waals surface area contributed by atoms with Crippen molar-refractivity contribution in [2.45, 2.75) is 72.3 Å². The molecule has 0 aromatic carbocycles. The van der Waals surface area contributed by atoms with E-state index in [0.29, 0.717) is 0 Å². The maximum atomic E-state index is 11.8. The molecule has 2 heteroatoms. The molecule has 0 N–H and O–H groups in total. The Hall–Kier alpha value is -1.05. The van der Waals surface area contributed by atoms with Crippen LogP contribution in [-0.4, -0.2) is 10.4 Å². The van der Waals surface area contributed by atoms with Gasteiger partial charge in [-0.2, -0.15) is 0 Å². The van der Waals surface area contributed by atoms with Gasteiger partial charge in [0.15, 0.2) is 5.78 Å². The molecule has 1 heterocycles. The van der Waals surface area contributed by atoms with Crippen LogP contribution >= 0.6 is 0 Å². The summed E-state index contributed by atoms with van der Waals surface area (Å²) in [6.45, 7) is 7.20. The summed E-state index contributed by atoms with van der Waals surface area (Å²) in [6.07, 6.45) is 13.3. The van der Waals surface area contributed by atoms with Gasteiger partial charge in [0.2, 0.25) is 0 Å². The molecule has 1 aromatic rings. The Kier molecular flexibility index (Phi) is 7.54. The van der Waals surface area contributed by atoms with Gasteiger partial charge in [0, 0.05) is 30.4 Å². The highest BCUT2D eigenvalue weighted by atomic mass is 16.1. The van der Waals surface area contributed by atoms with Gasteiger partial charge in [-0.25, -0.2) is 0 Å². The molecule has 0 saturated carbocycles. The second-order valence-corrected chi connectivity index (χ2v) is 5.78. The SMILES string of the molecule is CCCCCCCCCn1ccc(C(=O)C(C)C)c1. The number of rotatable bonds is 10. The van der Waals surface area contributed by atoms with Crippen LogP contribution in [0.15, 0.2) is 18.5 Å². The topological polar surface area (TPSA) is 22.0 Å². The maximum absolute atomic E-state index is 11.8. The van der Waals surface area contributed by atoms with E-state index in [-0.39, 0.29) is 11.7 Å². The lowest BCUT2D eigenvalue weighted by Crippen LogP contribution is -2.06. The Morgan fingerprint density at radius 2 is 1.74 bits per heavy atom. The average Bonchev–Trinajstić information content (AvgIpc) is 2.85. The number of hydrogen-bond acceptors (Lipinski definition) is 1. The van der Waals surface area contributed by atoms with Gasteiger partial charge in [-0.15, -0.1) is 0 Å². The number of carbonyl (C=O) groups excluding carboxylic acids is 1. The third-order valence-electron chi connectivity index (χ3n) is 3.58. The minimum atomic E-state index is 0.0921. The zero-order valence-electron chi connectivity index (χ0n) is 12.8. The first kappa shape index (κ1) is 16.0. The summed E-state index contributed by atoms with van der Waals surface area (Å²) >= 11 is 0. The van der Waals surface area contributed by atoms with Gasteiger partial charge >= 0.3 is 0 Å². The van der Waals surface area contributed by atoms with E-state index in [1.165, 1.54) is 44.9 Å². The van der Waals surface area contributed by atoms with Crippen molar-refractivity contribution in [3.8, 4) is 0 Å². The van der Waals surface area contributed by atoms with Crippen molar-refractivity contribution < 1.29 is 4.79 Å². The van der Waals surface area contributed by atoms with Crippen LogP contribution < -0.4 is 0 Å². The van der Waals surface area contributed by atoms with E-state index in [4.69, 9.17) is 0 Å². The van der Waals surface area contributed by atoms with Crippen molar-refractivity contribution in [1.82, 2.24) is 4.57 Å². The molecule has 0 unspecified atom stereocenters. The van der Waals surface area contributed by atoms with Crippen LogP contribution in [0.4, 0.5) is 0 Å². The predicted octanol–water partition coefficient (Wildman–Crippen LogP) is 5.08. The predicted molar refractivity (Wildman–Crippen MR) is 81.6 cm³/mol. The van der Waals surface area contributed by atoms with Crippen molar-refractivity contribution in [2.75, 3.05) is 0 Å². The standard InChI is InChI=1S/C17H29NO/c1-4-5-6-7-8-9-10-12-18-13-11-16(14-18)17(19)15(2)3/h11,13-15H,4-10,12H2,1-3H3. The fraction of sp³-hybridized carbons (Fsp3) is 0.706. The Labute approximate surface area is 118 Å². The third kappa shape index (κ3) is 6.09. The van der Waals surface area contributed by atoms with Crippen LogP contribution in [0, 0.1) is 5.92 Å². The first-order valence-electron chi connectivity index (χ1n) is 7.85. The highest BCUT2D eigenvalue weighted by Gasteiger charge is 2.11. The van der Waals surface area contributed by atoms with E-state index < -0.39 is 0 Å². The smallest absolute Gasteiger partial charge is 0.166 e. The summed E-state index contributed by atoms with van der Waals surface area (Å²) < 4.78 is 2.15. The lowest BCUT2D eigenvalue weighted by Gasteiger charge is -2.04. The molecule has 19 heavy (non-hydrogen) atoms. The van der Waals surface area contributed by atoms with Crippen molar-refractivity contribution in [2.24, 2.45) is 5.92 Å². The Balaban J connectivity index is 2.18. The van der Waals surface area contributed by atoms with Gasteiger partial charge in [-0.1, -0.05) is 59.3 Å². The van der Waals surface area contributed by atoms with Gasteiger partial charge in [0.05, 0.1) is 0 Å². The summed E-state index contributed by atoms with van der Waals surface area (Å²) in [5, 5.41) is 0. The van der Waals surface area contributed by atoms with E-state index in [1.807, 2.05) is 32.3 Å². The molecule has 0 saturated heterocycles. The lowest BCUT2D eigenvalue weighted by atomic mass is 10.0. The summed E-state index contributed by atoms with van der Waals surface area (Å²) in [5.74, 6) is 0.340. The summed E-state index contributed by atoms with van der Waals surface area (Å²) in [4.78, 5) is 11.8. The molecular formula is C17H29NO. The van der Waals surface area contributed by atoms with E-state index in [9.17, 15) is 4.79 Å². The molecule has 0 amide bonds. The number of nitrogens with zero attached hydrogens (tertiary/aromatic N) is 1. The minimum absolute atomic E-state index is 0.0921. The lowest BCUT2D eigenvalue weighted by molar-refractivity contribution is 0.0939. The molecule has 0 bridgehead atoms. The van der Waals surface area contributed by atoms with E-state index >= 15 is 0 Å². The van der Waals surface area contributed by atoms with Crippen LogP contribution in [-0.2, 0) is 6.54 Å². The molecule has 0 atom stereocenters. The molecule has 1 rings (SSSR count). The number of aryl methyl sites for hydroxylation is 1. The fourth-order valence-corrected chi connectivity index (χ4v) is 2.31. The zero-order chi connectivity index (χ0) is 14.1. The molecule has 0 aliphatic carbocycles. The molecule has 1 aromatic heterocycles. The Bertz CT molecular complexity index is 365. The molecule has 0 aliphatic heterocycles. The van der Waals surface area contributed by atoms with Crippen molar-refractivity contribution in [3.05, 3.63) is 24.0 Å². The fourth-order valence-electron chi connectivity index (χ4n) is 2.31. The first-order valence-corrected chi connectivity index (χ1v) is 7.85. The van der Waals surface area contributed by atoms with E-state index in [2.05, 4.69) is 11.5 Å². The Morgan fingerprint density at radius 3 is 2.37 bits per heavy atom. The summed E-state index contributed by atoms with van der Waals surface area (Å²) in [5.41, 5.74) is 0.859. The second-order valence-electron chi connectivity index (χ2n) is 5.78. The van der Waals surface area contributed by atoms with Gasteiger partial charge in [0.1, 0.15) is 0 Å². The molecule has 0 spiro atoms. The second kappa shape index (κ2) is 8.95. The van der Waals surface area contributed by atoms with Gasteiger partial charge in [-0.3, -0.25) is 4.79 Å². The number of Topliss-reactive ketones (excluding diaryl/α,β-unsaturated/α-hetero) is 1. The minimum Gasteiger partial charge on any atom is -0.354 e. The quantitative estimate of drug-likeness (QED) is 0.426. The van der Waals surface area contributed by atoms with E-state index in [0.717, 1.165) is 12.1 Å². The molecule has 0 aliphatic rings. The molecule has 2 nitrogen and oxygen atoms in total. The highest BCUT2D eigenvalue weighted by molar-refractivity contribution is 5.97. The van der Waals surface area contributed by atoms with Crippen LogP contribution in [0.25, 0.3) is 0 Å². The monoisotopic (exact) mass is 263 g/mol. The van der Waals surface area contributed by atoms with Gasteiger partial charge < -0.3 is 4.57 Å². The molecule has 0 fully saturated rings. The zero-order valence-corrected chi connectivity index (χ0v) is 12.8. The number of ketones is 1. The summed E-state index contributed by atoms with van der Waals surface area (Å²) in [6, 6.07) is 1.95. The highest BCUT2D eigenvalue weighted by Crippen LogP contribution is 2.11. The normalized spacial score (nSPS) is 11.2. The number of unbranched alkanes of at least 4 members (excludes halogenated alkanes) is 6. The van der Waals surface area contributed by atoms with Crippen LogP contribution in [0.2, 0.25) is 0 Å². The average molecular weight is 263 g/mol. The van der Waals surface area contributed by atoms with Gasteiger partial charge in [-0.05, 0) is 12.5 Å². The molecule has 0 radical (unpaired) electrons. The largest absolute Gasteiger partial charge is 0.354 e. The first-order chi connectivity index (χ1) is 9.15. The molecular weight excluding hydrogens is 234 g/mol.